The Kier molecular flexibility index (Phi) is 15.4. The van der Waals surface area contributed by atoms with Gasteiger partial charge in [0.1, 0.15) is 23.8 Å². The van der Waals surface area contributed by atoms with E-state index in [1.165, 1.54) is 7.11 Å². The number of methoxy groups -OCH3 is 1. The minimum atomic E-state index is -1.08. The van der Waals surface area contributed by atoms with Gasteiger partial charge in [-0.25, -0.2) is 0 Å². The van der Waals surface area contributed by atoms with Crippen LogP contribution in [0.3, 0.4) is 0 Å². The summed E-state index contributed by atoms with van der Waals surface area (Å²) in [7, 11) is 1.52. The van der Waals surface area contributed by atoms with Crippen molar-refractivity contribution in [3.8, 4) is 11.5 Å². The van der Waals surface area contributed by atoms with Gasteiger partial charge in [-0.15, -0.1) is 0 Å². The number of nitrogens with zero attached hydrogens (tertiary/aromatic N) is 2. The molecular weight excluding hydrogens is 690 g/mol. The first kappa shape index (κ1) is 41.4. The van der Waals surface area contributed by atoms with Gasteiger partial charge >= 0.3 is 0 Å². The summed E-state index contributed by atoms with van der Waals surface area (Å²) in [6, 6.07) is 13.4. The highest BCUT2D eigenvalue weighted by molar-refractivity contribution is 5.98. The van der Waals surface area contributed by atoms with Crippen molar-refractivity contribution in [1.29, 1.82) is 0 Å². The Labute approximate surface area is 317 Å². The molecule has 3 aromatic rings. The molecule has 2 bridgehead atoms. The molecule has 0 aliphatic carbocycles. The van der Waals surface area contributed by atoms with E-state index in [1.54, 1.807) is 16.8 Å². The first-order valence-electron chi connectivity index (χ1n) is 18.8. The maximum absolute atomic E-state index is 14.1. The fraction of sp³-hybridized carbons (Fsp3) is 0.500. The lowest BCUT2D eigenvalue weighted by Gasteiger charge is -2.27. The number of fused-ring (bicyclic) bond motifs is 2. The van der Waals surface area contributed by atoms with Crippen LogP contribution in [-0.4, -0.2) is 84.2 Å². The van der Waals surface area contributed by atoms with Crippen LogP contribution in [0.1, 0.15) is 87.1 Å². The molecule has 2 aromatic carbocycles. The minimum Gasteiger partial charge on any atom is -0.493 e. The standard InChI is InChI=1S/C40H55N7O7/c1-7-47-32(23-30(46-47)25(2)3)39(51)43-29-16-12-19-41-35(48)24-54-34-22-28(17-18-33(34)53-6)15-11-20-42-40(52)36(26(4)5)45-38(50)31(44-37(29)49)21-27-13-9-8-10-14-27/h8-10,13-14,17-18,22-23,25-26,29,31,36H,7,11-12,15-16,19-21,24H2,1-6H3,(H,41,48)(H,42,52)(H,43,51)(H,44,49)(H,45,50)/t29-,31-,36+/m0/s1. The number of carbonyl (C=O) groups is 5. The lowest BCUT2D eigenvalue weighted by molar-refractivity contribution is -0.133. The Hall–Kier alpha value is -5.40. The zero-order chi connectivity index (χ0) is 39.2. The molecule has 0 saturated heterocycles. The average molecular weight is 746 g/mol. The van der Waals surface area contributed by atoms with Crippen molar-refractivity contribution in [3.63, 3.8) is 0 Å². The third kappa shape index (κ3) is 11.8. The van der Waals surface area contributed by atoms with Gasteiger partial charge in [-0.2, -0.15) is 5.10 Å². The van der Waals surface area contributed by atoms with E-state index in [2.05, 4.69) is 31.7 Å². The van der Waals surface area contributed by atoms with Crippen molar-refractivity contribution in [1.82, 2.24) is 36.4 Å². The van der Waals surface area contributed by atoms with Crippen molar-refractivity contribution in [2.75, 3.05) is 26.8 Å². The van der Waals surface area contributed by atoms with Gasteiger partial charge in [0.25, 0.3) is 11.8 Å². The van der Waals surface area contributed by atoms with Gasteiger partial charge in [0.2, 0.25) is 17.7 Å². The van der Waals surface area contributed by atoms with Crippen LogP contribution in [0.5, 0.6) is 11.5 Å². The molecule has 0 unspecified atom stereocenters. The monoisotopic (exact) mass is 745 g/mol. The Bertz CT molecular complexity index is 1740. The lowest BCUT2D eigenvalue weighted by Crippen LogP contribution is -2.58. The van der Waals surface area contributed by atoms with E-state index in [0.29, 0.717) is 49.5 Å². The average Bonchev–Trinajstić information content (AvgIpc) is 3.61. The van der Waals surface area contributed by atoms with Gasteiger partial charge in [0, 0.05) is 26.1 Å². The lowest BCUT2D eigenvalue weighted by atomic mass is 10.00. The molecule has 5 N–H and O–H groups in total. The van der Waals surface area contributed by atoms with E-state index in [1.807, 2.05) is 77.1 Å². The molecule has 0 radical (unpaired) electrons. The molecule has 1 aliphatic rings. The number of aryl methyl sites for hydroxylation is 2. The van der Waals surface area contributed by atoms with Crippen molar-refractivity contribution in [2.45, 2.75) is 97.3 Å². The summed E-state index contributed by atoms with van der Waals surface area (Å²) in [6.45, 7) is 10.2. The number of hydrogen-bond donors (Lipinski definition) is 5. The van der Waals surface area contributed by atoms with Gasteiger partial charge in [0.05, 0.1) is 12.8 Å². The van der Waals surface area contributed by atoms with E-state index in [4.69, 9.17) is 9.47 Å². The van der Waals surface area contributed by atoms with Crippen LogP contribution in [0, 0.1) is 5.92 Å². The Morgan fingerprint density at radius 2 is 1.69 bits per heavy atom. The van der Waals surface area contributed by atoms with Gasteiger partial charge < -0.3 is 36.1 Å². The van der Waals surface area contributed by atoms with Crippen LogP contribution < -0.4 is 36.1 Å². The molecule has 5 amide bonds. The molecular formula is C40H55N7O7. The zero-order valence-corrected chi connectivity index (χ0v) is 32.2. The summed E-state index contributed by atoms with van der Waals surface area (Å²) in [4.78, 5) is 68.0. The largest absolute Gasteiger partial charge is 0.493 e. The number of aromatic nitrogens is 2. The van der Waals surface area contributed by atoms with E-state index in [9.17, 15) is 24.0 Å². The SMILES string of the molecule is CCn1nc(C(C)C)cc1C(=O)N[C@H]1CCCNC(=O)COc2cc(ccc2OC)CCCNC(=O)[C@@H](C(C)C)NC(=O)[C@H](Cc2ccccc2)NC1=O. The summed E-state index contributed by atoms with van der Waals surface area (Å²) >= 11 is 0. The van der Waals surface area contributed by atoms with E-state index in [0.717, 1.165) is 16.8 Å². The highest BCUT2D eigenvalue weighted by Crippen LogP contribution is 2.28. The van der Waals surface area contributed by atoms with Gasteiger partial charge in [-0.1, -0.05) is 64.1 Å². The van der Waals surface area contributed by atoms with Crippen LogP contribution in [0.25, 0.3) is 0 Å². The zero-order valence-electron chi connectivity index (χ0n) is 32.2. The van der Waals surface area contributed by atoms with Crippen LogP contribution >= 0.6 is 0 Å². The Morgan fingerprint density at radius 1 is 0.944 bits per heavy atom. The third-order valence-electron chi connectivity index (χ3n) is 9.23. The number of benzene rings is 2. The number of amides is 5. The molecule has 1 aromatic heterocycles. The molecule has 3 atom stereocenters. The number of hydrogen-bond acceptors (Lipinski definition) is 8. The summed E-state index contributed by atoms with van der Waals surface area (Å²) < 4.78 is 12.8. The summed E-state index contributed by atoms with van der Waals surface area (Å²) in [5.74, 6) is -1.60. The number of carbonyl (C=O) groups excluding carboxylic acids is 5. The van der Waals surface area contributed by atoms with Crippen LogP contribution in [-0.2, 0) is 38.6 Å². The molecule has 4 rings (SSSR count). The minimum absolute atomic E-state index is 0.0814. The molecule has 54 heavy (non-hydrogen) atoms. The molecule has 14 nitrogen and oxygen atoms in total. The van der Waals surface area contributed by atoms with Crippen LogP contribution in [0.4, 0.5) is 0 Å². The first-order chi connectivity index (χ1) is 25.9. The number of ether oxygens (including phenoxy) is 2. The second-order valence-corrected chi connectivity index (χ2v) is 14.1. The molecule has 2 heterocycles. The van der Waals surface area contributed by atoms with Crippen molar-refractivity contribution >= 4 is 29.5 Å². The molecule has 0 spiro atoms. The third-order valence-corrected chi connectivity index (χ3v) is 9.23. The molecule has 1 aliphatic heterocycles. The second-order valence-electron chi connectivity index (χ2n) is 14.1. The number of nitrogens with one attached hydrogen (secondary N) is 5. The van der Waals surface area contributed by atoms with Crippen LogP contribution in [0.15, 0.2) is 54.6 Å². The predicted octanol–water partition coefficient (Wildman–Crippen LogP) is 3.04. The topological polar surface area (TPSA) is 182 Å². The van der Waals surface area contributed by atoms with Crippen molar-refractivity contribution < 1.29 is 33.4 Å². The van der Waals surface area contributed by atoms with E-state index < -0.39 is 35.8 Å². The quantitative estimate of drug-likeness (QED) is 0.233. The maximum atomic E-state index is 14.1. The summed E-state index contributed by atoms with van der Waals surface area (Å²) in [6.07, 6.45) is 1.83. The smallest absolute Gasteiger partial charge is 0.270 e. The van der Waals surface area contributed by atoms with Gasteiger partial charge in [-0.3, -0.25) is 28.7 Å². The van der Waals surface area contributed by atoms with E-state index >= 15 is 0 Å². The summed E-state index contributed by atoms with van der Waals surface area (Å²) in [5.41, 5.74) is 2.78. The Morgan fingerprint density at radius 3 is 2.37 bits per heavy atom. The highest BCUT2D eigenvalue weighted by atomic mass is 16.5. The maximum Gasteiger partial charge on any atom is 0.270 e. The van der Waals surface area contributed by atoms with Gasteiger partial charge in [-0.05, 0) is 73.8 Å². The first-order valence-corrected chi connectivity index (χ1v) is 18.8. The highest BCUT2D eigenvalue weighted by Gasteiger charge is 2.32. The van der Waals surface area contributed by atoms with E-state index in [-0.39, 0.29) is 49.6 Å². The van der Waals surface area contributed by atoms with Crippen molar-refractivity contribution in [2.24, 2.45) is 5.92 Å². The summed E-state index contributed by atoms with van der Waals surface area (Å²) in [5, 5.41) is 18.9. The normalized spacial score (nSPS) is 19.7. The van der Waals surface area contributed by atoms with Crippen LogP contribution in [0.2, 0.25) is 0 Å². The second kappa shape index (κ2) is 20.2. The Balaban J connectivity index is 1.63. The van der Waals surface area contributed by atoms with Gasteiger partial charge in [0.15, 0.2) is 18.1 Å². The molecule has 0 saturated carbocycles. The molecule has 0 fully saturated rings. The number of rotatable bonds is 8. The van der Waals surface area contributed by atoms with Crippen molar-refractivity contribution in [3.05, 3.63) is 77.1 Å². The molecule has 14 heteroatoms. The fourth-order valence-corrected chi connectivity index (χ4v) is 6.10. The molecule has 292 valence electrons. The fourth-order valence-electron chi connectivity index (χ4n) is 6.10. The predicted molar refractivity (Wildman–Crippen MR) is 204 cm³/mol.